The number of halogens is 1. The van der Waals surface area contributed by atoms with Crippen LogP contribution in [0.3, 0.4) is 0 Å². The van der Waals surface area contributed by atoms with Crippen LogP contribution in [0.5, 0.6) is 5.75 Å². The number of methoxy groups -OCH3 is 1. The van der Waals surface area contributed by atoms with E-state index in [0.717, 1.165) is 0 Å². The van der Waals surface area contributed by atoms with E-state index in [0.29, 0.717) is 24.4 Å². The van der Waals surface area contributed by atoms with Crippen molar-refractivity contribution in [3.8, 4) is 5.75 Å². The van der Waals surface area contributed by atoms with E-state index in [9.17, 15) is 9.18 Å². The molecular formula is C13H18FN3O2. The molecule has 19 heavy (non-hydrogen) atoms. The number of urea groups is 1. The van der Waals surface area contributed by atoms with Gasteiger partial charge in [0, 0.05) is 24.7 Å². The maximum Gasteiger partial charge on any atom is 0.318 e. The Hall–Kier alpha value is -1.82. The molecule has 0 spiro atoms. The van der Waals surface area contributed by atoms with Gasteiger partial charge in [-0.15, -0.1) is 0 Å². The molecule has 3 N–H and O–H groups in total. The van der Waals surface area contributed by atoms with Crippen molar-refractivity contribution in [2.24, 2.45) is 5.73 Å². The average molecular weight is 267 g/mol. The van der Waals surface area contributed by atoms with Crippen LogP contribution in [0.25, 0.3) is 0 Å². The number of hydrogen-bond acceptors (Lipinski definition) is 3. The summed E-state index contributed by atoms with van der Waals surface area (Å²) in [7, 11) is 1.52. The number of hydrogen-bond donors (Lipinski definition) is 2. The molecule has 104 valence electrons. The third kappa shape index (κ3) is 2.63. The predicted octanol–water partition coefficient (Wildman–Crippen LogP) is 1.25. The van der Waals surface area contributed by atoms with Crippen LogP contribution in [0.15, 0.2) is 18.2 Å². The van der Waals surface area contributed by atoms with Crippen LogP contribution in [0.2, 0.25) is 0 Å². The molecular weight excluding hydrogens is 249 g/mol. The Balaban J connectivity index is 2.25. The number of nitrogens with one attached hydrogen (secondary N) is 1. The van der Waals surface area contributed by atoms with Gasteiger partial charge in [0.1, 0.15) is 11.6 Å². The predicted molar refractivity (Wildman–Crippen MR) is 69.4 cm³/mol. The summed E-state index contributed by atoms with van der Waals surface area (Å²) in [4.78, 5) is 13.5. The first-order valence-electron chi connectivity index (χ1n) is 6.17. The zero-order valence-electron chi connectivity index (χ0n) is 11.0. The second-order valence-electron chi connectivity index (χ2n) is 4.63. The number of rotatable bonds is 4. The molecule has 0 radical (unpaired) electrons. The van der Waals surface area contributed by atoms with E-state index in [4.69, 9.17) is 10.5 Å². The topological polar surface area (TPSA) is 67.6 Å². The van der Waals surface area contributed by atoms with Crippen molar-refractivity contribution in [2.45, 2.75) is 19.0 Å². The molecule has 1 aromatic rings. The van der Waals surface area contributed by atoms with Crippen molar-refractivity contribution in [3.05, 3.63) is 29.6 Å². The zero-order chi connectivity index (χ0) is 14.0. The molecule has 2 rings (SSSR count). The van der Waals surface area contributed by atoms with Crippen LogP contribution in [0.1, 0.15) is 18.5 Å². The molecule has 2 atom stereocenters. The molecule has 6 heteroatoms. The van der Waals surface area contributed by atoms with E-state index in [-0.39, 0.29) is 23.9 Å². The minimum Gasteiger partial charge on any atom is -0.496 e. The summed E-state index contributed by atoms with van der Waals surface area (Å²) in [5, 5.41) is 2.82. The maximum absolute atomic E-state index is 13.4. The van der Waals surface area contributed by atoms with Crippen LogP contribution < -0.4 is 15.8 Å². The van der Waals surface area contributed by atoms with Gasteiger partial charge in [0.2, 0.25) is 0 Å². The Kier molecular flexibility index (Phi) is 3.90. The summed E-state index contributed by atoms with van der Waals surface area (Å²) in [5.41, 5.74) is 6.21. The van der Waals surface area contributed by atoms with E-state index >= 15 is 0 Å². The van der Waals surface area contributed by atoms with E-state index in [2.05, 4.69) is 5.32 Å². The minimum absolute atomic E-state index is 0.0513. The van der Waals surface area contributed by atoms with Gasteiger partial charge in [-0.05, 0) is 25.1 Å². The fraction of sp³-hybridized carbons (Fsp3) is 0.462. The molecule has 1 heterocycles. The van der Waals surface area contributed by atoms with Crippen LogP contribution in [-0.2, 0) is 0 Å². The first kappa shape index (κ1) is 13.6. The Morgan fingerprint density at radius 2 is 2.37 bits per heavy atom. The molecule has 1 fully saturated rings. The van der Waals surface area contributed by atoms with Crippen LogP contribution in [-0.4, -0.2) is 37.2 Å². The fourth-order valence-corrected chi connectivity index (χ4v) is 2.22. The van der Waals surface area contributed by atoms with Crippen LogP contribution >= 0.6 is 0 Å². The van der Waals surface area contributed by atoms with Gasteiger partial charge in [0.25, 0.3) is 0 Å². The van der Waals surface area contributed by atoms with Gasteiger partial charge in [0.15, 0.2) is 0 Å². The first-order chi connectivity index (χ1) is 9.06. The number of nitrogens with zero attached hydrogens (tertiary/aromatic N) is 1. The van der Waals surface area contributed by atoms with Gasteiger partial charge < -0.3 is 20.7 Å². The van der Waals surface area contributed by atoms with Crippen molar-refractivity contribution in [2.75, 3.05) is 20.2 Å². The summed E-state index contributed by atoms with van der Waals surface area (Å²) in [6, 6.07) is 3.76. The van der Waals surface area contributed by atoms with Gasteiger partial charge in [0.05, 0.1) is 13.2 Å². The molecule has 1 saturated heterocycles. The lowest BCUT2D eigenvalue weighted by Gasteiger charge is -2.21. The van der Waals surface area contributed by atoms with Crippen LogP contribution in [0.4, 0.5) is 9.18 Å². The molecule has 2 amide bonds. The summed E-state index contributed by atoms with van der Waals surface area (Å²) in [6.07, 6.45) is 0. The highest BCUT2D eigenvalue weighted by Crippen LogP contribution is 2.30. The van der Waals surface area contributed by atoms with E-state index in [1.54, 1.807) is 11.0 Å². The van der Waals surface area contributed by atoms with E-state index in [1.807, 2.05) is 6.92 Å². The standard InChI is InChI=1S/C13H18FN3O2/c1-8(6-15)17-7-11(16-13(17)18)10-5-9(14)3-4-12(10)19-2/h3-5,8,11H,6-7,15H2,1-2H3,(H,16,18). The lowest BCUT2D eigenvalue weighted by Crippen LogP contribution is -2.40. The summed E-state index contributed by atoms with van der Waals surface area (Å²) in [5.74, 6) is 0.212. The second-order valence-corrected chi connectivity index (χ2v) is 4.63. The van der Waals surface area contributed by atoms with Crippen molar-refractivity contribution >= 4 is 6.03 Å². The SMILES string of the molecule is COc1ccc(F)cc1C1CN(C(C)CN)C(=O)N1. The molecule has 0 bridgehead atoms. The highest BCUT2D eigenvalue weighted by atomic mass is 19.1. The summed E-state index contributed by atoms with van der Waals surface area (Å²) >= 11 is 0. The first-order valence-corrected chi connectivity index (χ1v) is 6.17. The third-order valence-corrected chi connectivity index (χ3v) is 3.38. The normalized spacial score (nSPS) is 20.3. The number of amides is 2. The quantitative estimate of drug-likeness (QED) is 0.862. The van der Waals surface area contributed by atoms with Gasteiger partial charge in [-0.3, -0.25) is 0 Å². The van der Waals surface area contributed by atoms with Crippen molar-refractivity contribution in [1.82, 2.24) is 10.2 Å². The molecule has 0 aromatic heterocycles. The van der Waals surface area contributed by atoms with Gasteiger partial charge in [-0.1, -0.05) is 0 Å². The molecule has 0 aliphatic carbocycles. The van der Waals surface area contributed by atoms with Crippen LogP contribution in [0, 0.1) is 5.82 Å². The number of nitrogens with two attached hydrogens (primary N) is 1. The highest BCUT2D eigenvalue weighted by molar-refractivity contribution is 5.77. The third-order valence-electron chi connectivity index (χ3n) is 3.38. The molecule has 1 aliphatic rings. The Labute approximate surface area is 111 Å². The molecule has 1 aliphatic heterocycles. The van der Waals surface area contributed by atoms with Crippen molar-refractivity contribution in [1.29, 1.82) is 0 Å². The maximum atomic E-state index is 13.4. The number of carbonyl (C=O) groups is 1. The zero-order valence-corrected chi connectivity index (χ0v) is 11.0. The molecule has 2 unspecified atom stereocenters. The summed E-state index contributed by atoms with van der Waals surface area (Å²) < 4.78 is 18.6. The monoisotopic (exact) mass is 267 g/mol. The highest BCUT2D eigenvalue weighted by Gasteiger charge is 2.33. The van der Waals surface area contributed by atoms with Gasteiger partial charge in [-0.25, -0.2) is 9.18 Å². The Bertz CT molecular complexity index is 481. The molecule has 0 saturated carbocycles. The molecule has 5 nitrogen and oxygen atoms in total. The van der Waals surface area contributed by atoms with Gasteiger partial charge >= 0.3 is 6.03 Å². The second kappa shape index (κ2) is 5.44. The molecule has 1 aromatic carbocycles. The van der Waals surface area contributed by atoms with Gasteiger partial charge in [-0.2, -0.15) is 0 Å². The number of ether oxygens (including phenoxy) is 1. The Morgan fingerprint density at radius 1 is 1.63 bits per heavy atom. The van der Waals surface area contributed by atoms with E-state index in [1.165, 1.54) is 19.2 Å². The summed E-state index contributed by atoms with van der Waals surface area (Å²) in [6.45, 7) is 2.72. The van der Waals surface area contributed by atoms with E-state index < -0.39 is 0 Å². The lowest BCUT2D eigenvalue weighted by atomic mass is 10.1. The minimum atomic E-state index is -0.352. The number of carbonyl (C=O) groups excluding carboxylic acids is 1. The largest absolute Gasteiger partial charge is 0.496 e. The lowest BCUT2D eigenvalue weighted by molar-refractivity contribution is 0.203. The average Bonchev–Trinajstić information content (AvgIpc) is 2.79. The Morgan fingerprint density at radius 3 is 3.00 bits per heavy atom. The van der Waals surface area contributed by atoms with Crippen molar-refractivity contribution < 1.29 is 13.9 Å². The van der Waals surface area contributed by atoms with Crippen molar-refractivity contribution in [3.63, 3.8) is 0 Å². The smallest absolute Gasteiger partial charge is 0.318 e. The fourth-order valence-electron chi connectivity index (χ4n) is 2.22. The number of benzene rings is 1.